The molecule has 0 spiro atoms. The standard InChI is InChI=1S/C16H20N2O6/c1-4-8-23-16(20)10(3)17-12-9-11(18(21)22)6-7-14(12)24-13(5-2)15(17)19/h6-7,9-10,13H,4-5,8H2,1-3H3. The minimum absolute atomic E-state index is 0.181. The first-order chi connectivity index (χ1) is 11.4. The van der Waals surface area contributed by atoms with Crippen molar-refractivity contribution in [1.29, 1.82) is 0 Å². The normalized spacial score (nSPS) is 17.7. The van der Waals surface area contributed by atoms with Gasteiger partial charge < -0.3 is 9.47 Å². The summed E-state index contributed by atoms with van der Waals surface area (Å²) in [4.78, 5) is 36.5. The van der Waals surface area contributed by atoms with Crippen LogP contribution in [0, 0.1) is 10.1 Å². The number of carbonyl (C=O) groups excluding carboxylic acids is 2. The minimum atomic E-state index is -0.900. The van der Waals surface area contributed by atoms with Crippen LogP contribution in [0.3, 0.4) is 0 Å². The molecule has 0 fully saturated rings. The summed E-state index contributed by atoms with van der Waals surface area (Å²) in [6, 6.07) is 3.09. The van der Waals surface area contributed by atoms with E-state index in [4.69, 9.17) is 9.47 Å². The number of non-ortho nitro benzene ring substituents is 1. The molecule has 0 bridgehead atoms. The van der Waals surface area contributed by atoms with E-state index < -0.39 is 28.9 Å². The molecule has 1 heterocycles. The molecule has 1 amide bonds. The molecule has 1 aromatic rings. The number of ether oxygens (including phenoxy) is 2. The van der Waals surface area contributed by atoms with Crippen LogP contribution >= 0.6 is 0 Å². The SMILES string of the molecule is CCCOC(=O)C(C)N1C(=O)C(CC)Oc2ccc([N+](=O)[O-])cc21. The number of nitro benzene ring substituents is 1. The van der Waals surface area contributed by atoms with E-state index in [0.29, 0.717) is 18.6 Å². The molecule has 0 aliphatic carbocycles. The zero-order valence-corrected chi connectivity index (χ0v) is 13.9. The van der Waals surface area contributed by atoms with E-state index in [-0.39, 0.29) is 18.0 Å². The van der Waals surface area contributed by atoms with Gasteiger partial charge in [-0.25, -0.2) is 4.79 Å². The fraction of sp³-hybridized carbons (Fsp3) is 0.500. The second kappa shape index (κ2) is 7.29. The molecule has 2 atom stereocenters. The Hall–Kier alpha value is -2.64. The van der Waals surface area contributed by atoms with Crippen molar-refractivity contribution in [3.8, 4) is 5.75 Å². The van der Waals surface area contributed by atoms with Crippen molar-refractivity contribution in [2.45, 2.75) is 45.8 Å². The summed E-state index contributed by atoms with van der Waals surface area (Å²) >= 11 is 0. The van der Waals surface area contributed by atoms with Gasteiger partial charge >= 0.3 is 5.97 Å². The van der Waals surface area contributed by atoms with Crippen LogP contribution in [-0.2, 0) is 14.3 Å². The second-order valence-corrected chi connectivity index (χ2v) is 5.48. The maximum Gasteiger partial charge on any atom is 0.328 e. The summed E-state index contributed by atoms with van der Waals surface area (Å²) in [5.74, 6) is -0.631. The summed E-state index contributed by atoms with van der Waals surface area (Å²) in [5.41, 5.74) is 0.0269. The lowest BCUT2D eigenvalue weighted by atomic mass is 10.1. The van der Waals surface area contributed by atoms with E-state index >= 15 is 0 Å². The van der Waals surface area contributed by atoms with E-state index in [1.807, 2.05) is 6.92 Å². The van der Waals surface area contributed by atoms with Crippen LogP contribution in [0.15, 0.2) is 18.2 Å². The van der Waals surface area contributed by atoms with Crippen molar-refractivity contribution >= 4 is 23.3 Å². The van der Waals surface area contributed by atoms with Crippen LogP contribution < -0.4 is 9.64 Å². The molecule has 1 aliphatic heterocycles. The summed E-state index contributed by atoms with van der Waals surface area (Å²) in [6.07, 6.45) is 0.345. The predicted octanol–water partition coefficient (Wildman–Crippen LogP) is 2.44. The fourth-order valence-corrected chi connectivity index (χ4v) is 2.47. The number of hydrogen-bond acceptors (Lipinski definition) is 6. The number of nitrogens with zero attached hydrogens (tertiary/aromatic N) is 2. The zero-order valence-electron chi connectivity index (χ0n) is 13.9. The van der Waals surface area contributed by atoms with Gasteiger partial charge in [-0.15, -0.1) is 0 Å². The molecule has 1 aliphatic rings. The highest BCUT2D eigenvalue weighted by Crippen LogP contribution is 2.38. The Labute approximate surface area is 139 Å². The fourth-order valence-electron chi connectivity index (χ4n) is 2.47. The van der Waals surface area contributed by atoms with Crippen LogP contribution in [0.2, 0.25) is 0 Å². The van der Waals surface area contributed by atoms with Gasteiger partial charge in [-0.2, -0.15) is 0 Å². The van der Waals surface area contributed by atoms with Gasteiger partial charge in [0.05, 0.1) is 17.2 Å². The summed E-state index contributed by atoms with van der Waals surface area (Å²) in [6.45, 7) is 5.44. The third-order valence-electron chi connectivity index (χ3n) is 3.74. The molecule has 0 saturated heterocycles. The number of nitro groups is 1. The van der Waals surface area contributed by atoms with Crippen LogP contribution in [0.5, 0.6) is 5.75 Å². The molecule has 24 heavy (non-hydrogen) atoms. The number of rotatable bonds is 6. The van der Waals surface area contributed by atoms with Crippen LogP contribution in [0.1, 0.15) is 33.6 Å². The third kappa shape index (κ3) is 3.32. The molecular weight excluding hydrogens is 316 g/mol. The van der Waals surface area contributed by atoms with E-state index in [2.05, 4.69) is 0 Å². The maximum absolute atomic E-state index is 12.6. The van der Waals surface area contributed by atoms with E-state index in [0.717, 1.165) is 0 Å². The highest BCUT2D eigenvalue weighted by atomic mass is 16.6. The van der Waals surface area contributed by atoms with Crippen molar-refractivity contribution in [3.63, 3.8) is 0 Å². The summed E-state index contributed by atoms with van der Waals surface area (Å²) in [5, 5.41) is 11.0. The Balaban J connectivity index is 2.44. The molecule has 2 unspecified atom stereocenters. The van der Waals surface area contributed by atoms with E-state index in [1.54, 1.807) is 6.92 Å². The number of benzene rings is 1. The Kier molecular flexibility index (Phi) is 5.38. The zero-order chi connectivity index (χ0) is 17.9. The smallest absolute Gasteiger partial charge is 0.328 e. The van der Waals surface area contributed by atoms with E-state index in [9.17, 15) is 19.7 Å². The highest BCUT2D eigenvalue weighted by molar-refractivity contribution is 6.04. The first-order valence-corrected chi connectivity index (χ1v) is 7.85. The lowest BCUT2D eigenvalue weighted by molar-refractivity contribution is -0.384. The van der Waals surface area contributed by atoms with Gasteiger partial charge in [0, 0.05) is 12.1 Å². The first kappa shape index (κ1) is 17.7. The molecule has 130 valence electrons. The van der Waals surface area contributed by atoms with Crippen molar-refractivity contribution in [2.24, 2.45) is 0 Å². The topological polar surface area (TPSA) is 99.0 Å². The van der Waals surface area contributed by atoms with Gasteiger partial charge in [0.25, 0.3) is 11.6 Å². The lowest BCUT2D eigenvalue weighted by Crippen LogP contribution is -2.52. The van der Waals surface area contributed by atoms with Crippen molar-refractivity contribution in [1.82, 2.24) is 0 Å². The molecule has 0 radical (unpaired) electrons. The molecule has 0 aromatic heterocycles. The summed E-state index contributed by atoms with van der Waals surface area (Å²) < 4.78 is 10.7. The molecule has 2 rings (SSSR count). The predicted molar refractivity (Wildman–Crippen MR) is 86.0 cm³/mol. The van der Waals surface area contributed by atoms with Crippen molar-refractivity contribution in [3.05, 3.63) is 28.3 Å². The Morgan fingerprint density at radius 1 is 1.46 bits per heavy atom. The molecule has 0 saturated carbocycles. The number of amides is 1. The van der Waals surface area contributed by atoms with Gasteiger partial charge in [0.15, 0.2) is 6.10 Å². The molecule has 8 heteroatoms. The van der Waals surface area contributed by atoms with Crippen molar-refractivity contribution < 1.29 is 24.0 Å². The second-order valence-electron chi connectivity index (χ2n) is 5.48. The van der Waals surface area contributed by atoms with Crippen LogP contribution in [0.4, 0.5) is 11.4 Å². The van der Waals surface area contributed by atoms with Crippen LogP contribution in [0.25, 0.3) is 0 Å². The Bertz CT molecular complexity index is 660. The molecule has 0 N–H and O–H groups in total. The first-order valence-electron chi connectivity index (χ1n) is 7.85. The Morgan fingerprint density at radius 2 is 2.17 bits per heavy atom. The van der Waals surface area contributed by atoms with E-state index in [1.165, 1.54) is 30.0 Å². The van der Waals surface area contributed by atoms with Crippen molar-refractivity contribution in [2.75, 3.05) is 11.5 Å². The Morgan fingerprint density at radius 3 is 2.75 bits per heavy atom. The largest absolute Gasteiger partial charge is 0.478 e. The number of anilines is 1. The molecule has 1 aromatic carbocycles. The number of hydrogen-bond donors (Lipinski definition) is 0. The minimum Gasteiger partial charge on any atom is -0.478 e. The average molecular weight is 336 g/mol. The third-order valence-corrected chi connectivity index (χ3v) is 3.74. The monoisotopic (exact) mass is 336 g/mol. The van der Waals surface area contributed by atoms with Gasteiger partial charge in [0.2, 0.25) is 0 Å². The van der Waals surface area contributed by atoms with Gasteiger partial charge in [-0.1, -0.05) is 13.8 Å². The maximum atomic E-state index is 12.6. The van der Waals surface area contributed by atoms with Gasteiger partial charge in [-0.05, 0) is 25.8 Å². The van der Waals surface area contributed by atoms with Gasteiger partial charge in [-0.3, -0.25) is 19.8 Å². The molecule has 8 nitrogen and oxygen atoms in total. The number of carbonyl (C=O) groups is 2. The average Bonchev–Trinajstić information content (AvgIpc) is 2.57. The van der Waals surface area contributed by atoms with Crippen LogP contribution in [-0.4, -0.2) is 35.6 Å². The van der Waals surface area contributed by atoms with Gasteiger partial charge in [0.1, 0.15) is 11.8 Å². The summed E-state index contributed by atoms with van der Waals surface area (Å²) in [7, 11) is 0. The number of fused-ring (bicyclic) bond motifs is 1. The highest BCUT2D eigenvalue weighted by Gasteiger charge is 2.39. The lowest BCUT2D eigenvalue weighted by Gasteiger charge is -2.36. The number of esters is 1. The quantitative estimate of drug-likeness (QED) is 0.449. The molecular formula is C16H20N2O6.